The van der Waals surface area contributed by atoms with Crippen LogP contribution in [0.3, 0.4) is 0 Å². The van der Waals surface area contributed by atoms with E-state index < -0.39 is 0 Å². The van der Waals surface area contributed by atoms with Crippen molar-refractivity contribution in [2.75, 3.05) is 53.6 Å². The van der Waals surface area contributed by atoms with Crippen LogP contribution in [0.5, 0.6) is 5.75 Å². The third-order valence-corrected chi connectivity index (χ3v) is 4.38. The van der Waals surface area contributed by atoms with Gasteiger partial charge in [0.1, 0.15) is 12.4 Å². The summed E-state index contributed by atoms with van der Waals surface area (Å²) in [7, 11) is 3.20. The van der Waals surface area contributed by atoms with Crippen molar-refractivity contribution in [3.63, 3.8) is 0 Å². The lowest BCUT2D eigenvalue weighted by molar-refractivity contribution is -0.903. The van der Waals surface area contributed by atoms with Crippen molar-refractivity contribution in [1.82, 2.24) is 5.32 Å². The second-order valence-electron chi connectivity index (χ2n) is 6.27. The molecule has 0 unspecified atom stereocenters. The number of amides is 1. The van der Waals surface area contributed by atoms with Gasteiger partial charge in [-0.25, -0.2) is 4.99 Å². The Labute approximate surface area is 155 Å². The van der Waals surface area contributed by atoms with Crippen LogP contribution in [0.2, 0.25) is 0 Å². The number of benzene rings is 1. The zero-order valence-electron chi connectivity index (χ0n) is 15.8. The van der Waals surface area contributed by atoms with Gasteiger partial charge in [0.2, 0.25) is 0 Å². The fourth-order valence-corrected chi connectivity index (χ4v) is 2.87. The summed E-state index contributed by atoms with van der Waals surface area (Å²) in [6, 6.07) is 7.16. The van der Waals surface area contributed by atoms with E-state index in [4.69, 9.17) is 14.2 Å². The smallest absolute Gasteiger partial charge is 0.291 e. The number of quaternary nitrogens is 1. The highest BCUT2D eigenvalue weighted by atomic mass is 16.5. The first kappa shape index (κ1) is 20.2. The first-order valence-corrected chi connectivity index (χ1v) is 9.18. The summed E-state index contributed by atoms with van der Waals surface area (Å²) in [6.45, 7) is 4.76. The number of carbonyl (C=O) groups excluding carboxylic acids is 1. The molecule has 0 radical (unpaired) electrons. The molecule has 2 rings (SSSR count). The van der Waals surface area contributed by atoms with Crippen molar-refractivity contribution >= 4 is 11.9 Å². The fraction of sp³-hybridized carbons (Fsp3) is 0.579. The summed E-state index contributed by atoms with van der Waals surface area (Å²) in [5, 5.41) is 2.75. The van der Waals surface area contributed by atoms with Gasteiger partial charge < -0.3 is 19.1 Å². The molecular weight excluding hydrogens is 334 g/mol. The van der Waals surface area contributed by atoms with Crippen molar-refractivity contribution < 1.29 is 23.9 Å². The van der Waals surface area contributed by atoms with Gasteiger partial charge in [0.05, 0.1) is 39.9 Å². The number of likely N-dealkylation sites (tertiary alicyclic amines) is 1. The molecule has 1 fully saturated rings. The van der Waals surface area contributed by atoms with Crippen LogP contribution in [0.4, 0.5) is 0 Å². The lowest BCUT2D eigenvalue weighted by Crippen LogP contribution is -3.13. The van der Waals surface area contributed by atoms with Gasteiger partial charge in [-0.1, -0.05) is 0 Å². The molecule has 7 heteroatoms. The molecule has 0 aliphatic carbocycles. The van der Waals surface area contributed by atoms with Gasteiger partial charge in [0.25, 0.3) is 11.9 Å². The number of nitrogens with one attached hydrogen (secondary N) is 2. The molecule has 0 saturated carbocycles. The lowest BCUT2D eigenvalue weighted by Gasteiger charge is -2.22. The number of aliphatic imine (C=N–C) groups is 1. The van der Waals surface area contributed by atoms with E-state index >= 15 is 0 Å². The first-order chi connectivity index (χ1) is 12.7. The minimum absolute atomic E-state index is 0.249. The van der Waals surface area contributed by atoms with Gasteiger partial charge in [-0.15, -0.1) is 0 Å². The molecule has 0 spiro atoms. The number of rotatable bonds is 8. The Bertz CT molecular complexity index is 569. The zero-order valence-corrected chi connectivity index (χ0v) is 15.8. The van der Waals surface area contributed by atoms with Gasteiger partial charge >= 0.3 is 0 Å². The SMILES string of the molecule is COCCOC(=NCC[NH+]1CCCCC1)NC(=O)c1ccc(OC)cc1. The Hall–Kier alpha value is -2.12. The number of ether oxygens (including phenoxy) is 3. The number of amidine groups is 1. The second kappa shape index (κ2) is 11.5. The number of hydrogen-bond donors (Lipinski definition) is 2. The molecule has 0 atom stereocenters. The van der Waals surface area contributed by atoms with E-state index in [1.165, 1.54) is 32.4 Å². The molecule has 1 heterocycles. The summed E-state index contributed by atoms with van der Waals surface area (Å²) in [6.07, 6.45) is 3.89. The first-order valence-electron chi connectivity index (χ1n) is 9.18. The van der Waals surface area contributed by atoms with E-state index in [2.05, 4.69) is 10.3 Å². The Morgan fingerprint density at radius 1 is 1.12 bits per heavy atom. The van der Waals surface area contributed by atoms with E-state index in [1.54, 1.807) is 43.4 Å². The lowest BCUT2D eigenvalue weighted by atomic mass is 10.1. The van der Waals surface area contributed by atoms with E-state index in [1.807, 2.05) is 0 Å². The maximum absolute atomic E-state index is 12.4. The topological polar surface area (TPSA) is 73.6 Å². The van der Waals surface area contributed by atoms with Gasteiger partial charge in [0, 0.05) is 12.7 Å². The Balaban J connectivity index is 1.90. The highest BCUT2D eigenvalue weighted by Crippen LogP contribution is 2.11. The normalized spacial score (nSPS) is 15.5. The molecule has 7 nitrogen and oxygen atoms in total. The minimum atomic E-state index is -0.255. The Morgan fingerprint density at radius 3 is 2.50 bits per heavy atom. The Kier molecular flexibility index (Phi) is 8.92. The number of methoxy groups -OCH3 is 2. The van der Waals surface area contributed by atoms with Crippen LogP contribution in [0.25, 0.3) is 0 Å². The largest absolute Gasteiger partial charge is 0.497 e. The maximum Gasteiger partial charge on any atom is 0.291 e. The molecule has 1 saturated heterocycles. The van der Waals surface area contributed by atoms with Crippen LogP contribution >= 0.6 is 0 Å². The predicted molar refractivity (Wildman–Crippen MR) is 100 cm³/mol. The van der Waals surface area contributed by atoms with Crippen molar-refractivity contribution in [3.05, 3.63) is 29.8 Å². The summed E-state index contributed by atoms with van der Waals surface area (Å²) >= 11 is 0. The molecule has 1 aromatic rings. The van der Waals surface area contributed by atoms with E-state index in [-0.39, 0.29) is 11.9 Å². The van der Waals surface area contributed by atoms with Crippen LogP contribution in [0.15, 0.2) is 29.3 Å². The highest BCUT2D eigenvalue weighted by molar-refractivity contribution is 6.04. The minimum Gasteiger partial charge on any atom is -0.497 e. The monoisotopic (exact) mass is 364 g/mol. The molecular formula is C19H30N3O4+. The molecule has 1 aromatic carbocycles. The number of carbonyl (C=O) groups is 1. The standard InChI is InChI=1S/C19H29N3O4/c1-24-14-15-26-19(20-10-13-22-11-4-3-5-12-22)21-18(23)16-6-8-17(25-2)9-7-16/h6-9H,3-5,10-15H2,1-2H3,(H,20,21,23)/p+1. The highest BCUT2D eigenvalue weighted by Gasteiger charge is 2.14. The van der Waals surface area contributed by atoms with E-state index in [9.17, 15) is 4.79 Å². The summed E-state index contributed by atoms with van der Waals surface area (Å²) in [5.74, 6) is 0.449. The maximum atomic E-state index is 12.4. The van der Waals surface area contributed by atoms with Crippen molar-refractivity contribution in [2.45, 2.75) is 19.3 Å². The number of hydrogen-bond acceptors (Lipinski definition) is 5. The zero-order chi connectivity index (χ0) is 18.6. The molecule has 26 heavy (non-hydrogen) atoms. The average Bonchev–Trinajstić information content (AvgIpc) is 2.69. The molecule has 1 aliphatic heterocycles. The van der Waals surface area contributed by atoms with Crippen molar-refractivity contribution in [2.24, 2.45) is 4.99 Å². The predicted octanol–water partition coefficient (Wildman–Crippen LogP) is 0.513. The van der Waals surface area contributed by atoms with Crippen LogP contribution in [0, 0.1) is 0 Å². The Morgan fingerprint density at radius 2 is 1.85 bits per heavy atom. The molecule has 2 N–H and O–H groups in total. The van der Waals surface area contributed by atoms with Gasteiger partial charge in [-0.2, -0.15) is 0 Å². The molecule has 0 bridgehead atoms. The van der Waals surface area contributed by atoms with Crippen molar-refractivity contribution in [3.8, 4) is 5.75 Å². The van der Waals surface area contributed by atoms with Crippen molar-refractivity contribution in [1.29, 1.82) is 0 Å². The van der Waals surface area contributed by atoms with E-state index in [0.717, 1.165) is 6.54 Å². The number of nitrogens with zero attached hydrogens (tertiary/aromatic N) is 1. The molecule has 144 valence electrons. The van der Waals surface area contributed by atoms with Gasteiger partial charge in [-0.05, 0) is 43.5 Å². The van der Waals surface area contributed by atoms with Crippen LogP contribution in [-0.4, -0.2) is 65.5 Å². The number of piperidine rings is 1. The molecule has 1 aliphatic rings. The van der Waals surface area contributed by atoms with Gasteiger partial charge in [-0.3, -0.25) is 10.1 Å². The quantitative estimate of drug-likeness (QED) is 0.401. The fourth-order valence-electron chi connectivity index (χ4n) is 2.87. The summed E-state index contributed by atoms with van der Waals surface area (Å²) < 4.78 is 15.7. The summed E-state index contributed by atoms with van der Waals surface area (Å²) in [4.78, 5) is 18.4. The van der Waals surface area contributed by atoms with Gasteiger partial charge in [0.15, 0.2) is 0 Å². The molecule has 1 amide bonds. The van der Waals surface area contributed by atoms with Crippen LogP contribution in [0.1, 0.15) is 29.6 Å². The van der Waals surface area contributed by atoms with E-state index in [0.29, 0.717) is 31.1 Å². The molecule has 0 aromatic heterocycles. The van der Waals surface area contributed by atoms with Crippen LogP contribution < -0.4 is 15.0 Å². The average molecular weight is 364 g/mol. The third-order valence-electron chi connectivity index (χ3n) is 4.38. The summed E-state index contributed by atoms with van der Waals surface area (Å²) in [5.41, 5.74) is 0.524. The third kappa shape index (κ3) is 7.01. The second-order valence-corrected chi connectivity index (χ2v) is 6.27. The van der Waals surface area contributed by atoms with Crippen LogP contribution in [-0.2, 0) is 9.47 Å².